The Morgan fingerprint density at radius 2 is 1.58 bits per heavy atom. The number of ketones is 2. The van der Waals surface area contributed by atoms with Crippen LogP contribution in [0.15, 0.2) is 65.3 Å². The van der Waals surface area contributed by atoms with Crippen LogP contribution in [0.5, 0.6) is 5.75 Å². The maximum Gasteiger partial charge on any atom is 0.163 e. The highest BCUT2D eigenvalue weighted by Gasteiger charge is 2.49. The molecule has 6 nitrogen and oxygen atoms in total. The summed E-state index contributed by atoms with van der Waals surface area (Å²) in [6, 6.07) is 5.75. The fourth-order valence-electron chi connectivity index (χ4n) is 6.22. The molecular formula is C30H35NO5. The van der Waals surface area contributed by atoms with Crippen molar-refractivity contribution in [3.63, 3.8) is 0 Å². The minimum absolute atomic E-state index is 0.0124. The summed E-state index contributed by atoms with van der Waals surface area (Å²) < 4.78 is 12.4. The van der Waals surface area contributed by atoms with Gasteiger partial charge in [0.2, 0.25) is 0 Å². The minimum Gasteiger partial charge on any atom is -0.496 e. The first-order valence-electron chi connectivity index (χ1n) is 12.6. The number of dihydropyridines is 1. The summed E-state index contributed by atoms with van der Waals surface area (Å²) in [6.45, 7) is 8.12. The molecule has 2 N–H and O–H groups in total. The van der Waals surface area contributed by atoms with Crippen molar-refractivity contribution in [2.24, 2.45) is 10.8 Å². The predicted octanol–water partition coefficient (Wildman–Crippen LogP) is 4.96. The van der Waals surface area contributed by atoms with Gasteiger partial charge in [-0.15, -0.1) is 0 Å². The van der Waals surface area contributed by atoms with Gasteiger partial charge >= 0.3 is 0 Å². The SMILES string of the molecule is COc1c(C2C3=C(CC(C)(C)CC3=O)OC3=C2C(=O)CC(C)(C)C3)cccc1C1(CO)C=CC=CN1. The van der Waals surface area contributed by atoms with Crippen LogP contribution in [-0.4, -0.2) is 30.4 Å². The van der Waals surface area contributed by atoms with Gasteiger partial charge in [-0.2, -0.15) is 0 Å². The highest BCUT2D eigenvalue weighted by atomic mass is 16.5. The Kier molecular flexibility index (Phi) is 5.79. The van der Waals surface area contributed by atoms with E-state index in [1.54, 1.807) is 13.3 Å². The lowest BCUT2D eigenvalue weighted by Crippen LogP contribution is -2.42. The molecule has 0 bridgehead atoms. The van der Waals surface area contributed by atoms with Crippen molar-refractivity contribution in [2.45, 2.75) is 64.8 Å². The van der Waals surface area contributed by atoms with E-state index in [4.69, 9.17) is 9.47 Å². The average Bonchev–Trinajstić information content (AvgIpc) is 2.81. The van der Waals surface area contributed by atoms with Crippen LogP contribution < -0.4 is 10.1 Å². The normalized spacial score (nSPS) is 26.8. The van der Waals surface area contributed by atoms with Crippen molar-refractivity contribution in [3.8, 4) is 5.75 Å². The molecule has 0 aromatic heterocycles. The third kappa shape index (κ3) is 3.92. The predicted molar refractivity (Wildman–Crippen MR) is 137 cm³/mol. The number of carbonyl (C=O) groups excluding carboxylic acids is 2. The molecule has 36 heavy (non-hydrogen) atoms. The number of para-hydroxylation sites is 1. The van der Waals surface area contributed by atoms with Gasteiger partial charge < -0.3 is 19.9 Å². The van der Waals surface area contributed by atoms with Crippen LogP contribution in [0.4, 0.5) is 0 Å². The van der Waals surface area contributed by atoms with Crippen LogP contribution in [0.2, 0.25) is 0 Å². The number of aliphatic hydroxyl groups excluding tert-OH is 1. The number of hydrogen-bond acceptors (Lipinski definition) is 6. The molecule has 0 saturated heterocycles. The van der Waals surface area contributed by atoms with E-state index in [-0.39, 0.29) is 29.0 Å². The summed E-state index contributed by atoms with van der Waals surface area (Å²) in [5.41, 5.74) is 1.31. The van der Waals surface area contributed by atoms with Crippen LogP contribution >= 0.6 is 0 Å². The lowest BCUT2D eigenvalue weighted by Gasteiger charge is -2.43. The number of Topliss-reactive ketones (excluding diaryl/α,β-unsaturated/α-hetero) is 2. The smallest absolute Gasteiger partial charge is 0.163 e. The summed E-state index contributed by atoms with van der Waals surface area (Å²) in [5.74, 6) is 1.36. The third-order valence-corrected chi connectivity index (χ3v) is 7.80. The Balaban J connectivity index is 1.75. The van der Waals surface area contributed by atoms with Crippen molar-refractivity contribution in [1.29, 1.82) is 0 Å². The number of rotatable bonds is 4. The quantitative estimate of drug-likeness (QED) is 0.622. The minimum atomic E-state index is -0.882. The molecule has 1 unspecified atom stereocenters. The first-order chi connectivity index (χ1) is 17.0. The Morgan fingerprint density at radius 1 is 0.972 bits per heavy atom. The molecule has 2 aliphatic carbocycles. The number of hydrogen-bond donors (Lipinski definition) is 2. The standard InChI is InChI=1S/C30H35NO5/c1-28(2)13-20(33)25-22(15-28)36-23-16-29(3,4)14-21(34)26(23)24(25)18-9-8-10-19(27(18)35-5)30(17-32)11-6-7-12-31-30/h6-12,24,31-32H,13-17H2,1-5H3. The van der Waals surface area contributed by atoms with Gasteiger partial charge in [0.05, 0.1) is 19.6 Å². The summed E-state index contributed by atoms with van der Waals surface area (Å²) in [5, 5.41) is 13.7. The lowest BCUT2D eigenvalue weighted by molar-refractivity contribution is -0.120. The van der Waals surface area contributed by atoms with E-state index in [0.29, 0.717) is 54.1 Å². The van der Waals surface area contributed by atoms with Gasteiger partial charge in [0, 0.05) is 48.0 Å². The molecule has 4 aliphatic rings. The van der Waals surface area contributed by atoms with E-state index in [0.717, 1.165) is 11.1 Å². The van der Waals surface area contributed by atoms with E-state index in [1.165, 1.54) is 0 Å². The van der Waals surface area contributed by atoms with E-state index >= 15 is 0 Å². The molecule has 0 amide bonds. The van der Waals surface area contributed by atoms with Gasteiger partial charge in [-0.1, -0.05) is 58.0 Å². The van der Waals surface area contributed by atoms with Crippen molar-refractivity contribution >= 4 is 11.6 Å². The van der Waals surface area contributed by atoms with Crippen molar-refractivity contribution in [3.05, 3.63) is 76.4 Å². The van der Waals surface area contributed by atoms with Crippen LogP contribution in [-0.2, 0) is 19.9 Å². The largest absolute Gasteiger partial charge is 0.496 e. The zero-order valence-electron chi connectivity index (χ0n) is 21.7. The highest BCUT2D eigenvalue weighted by Crippen LogP contribution is 2.55. The zero-order valence-corrected chi connectivity index (χ0v) is 21.7. The number of carbonyl (C=O) groups is 2. The number of aliphatic hydroxyl groups is 1. The van der Waals surface area contributed by atoms with E-state index in [2.05, 4.69) is 33.0 Å². The van der Waals surface area contributed by atoms with Gasteiger partial charge in [-0.25, -0.2) is 0 Å². The van der Waals surface area contributed by atoms with Gasteiger partial charge in [0.25, 0.3) is 0 Å². The second-order valence-electron chi connectivity index (χ2n) is 12.0. The van der Waals surface area contributed by atoms with Gasteiger partial charge in [0.1, 0.15) is 22.8 Å². The number of allylic oxidation sites excluding steroid dienone is 6. The number of methoxy groups -OCH3 is 1. The molecule has 5 rings (SSSR count). The van der Waals surface area contributed by atoms with E-state index in [9.17, 15) is 14.7 Å². The second kappa shape index (κ2) is 8.48. The number of nitrogens with one attached hydrogen (secondary N) is 1. The molecular weight excluding hydrogens is 454 g/mol. The fourth-order valence-corrected chi connectivity index (χ4v) is 6.22. The van der Waals surface area contributed by atoms with Crippen molar-refractivity contribution in [2.75, 3.05) is 13.7 Å². The molecule has 0 radical (unpaired) electrons. The summed E-state index contributed by atoms with van der Waals surface area (Å²) >= 11 is 0. The first-order valence-corrected chi connectivity index (χ1v) is 12.6. The van der Waals surface area contributed by atoms with Gasteiger partial charge in [-0.05, 0) is 23.1 Å². The Labute approximate surface area is 212 Å². The Hall–Kier alpha value is -3.12. The molecule has 2 aliphatic heterocycles. The maximum atomic E-state index is 13.7. The molecule has 1 aromatic carbocycles. The average molecular weight is 490 g/mol. The molecule has 1 atom stereocenters. The summed E-state index contributed by atoms with van der Waals surface area (Å²) in [7, 11) is 1.59. The molecule has 1 aromatic rings. The number of ether oxygens (including phenoxy) is 2. The van der Waals surface area contributed by atoms with Crippen LogP contribution in [0, 0.1) is 10.8 Å². The molecule has 190 valence electrons. The molecule has 2 heterocycles. The van der Waals surface area contributed by atoms with Crippen LogP contribution in [0.25, 0.3) is 0 Å². The summed E-state index contributed by atoms with van der Waals surface area (Å²) in [6.07, 6.45) is 9.49. The molecule has 0 fully saturated rings. The van der Waals surface area contributed by atoms with Gasteiger partial charge in [0.15, 0.2) is 11.6 Å². The van der Waals surface area contributed by atoms with Crippen molar-refractivity contribution < 1.29 is 24.2 Å². The molecule has 0 spiro atoms. The van der Waals surface area contributed by atoms with E-state index < -0.39 is 11.5 Å². The Morgan fingerprint density at radius 3 is 2.08 bits per heavy atom. The fraction of sp³-hybridized carbons (Fsp3) is 0.467. The molecule has 6 heteroatoms. The monoisotopic (exact) mass is 489 g/mol. The zero-order chi connectivity index (χ0) is 25.9. The van der Waals surface area contributed by atoms with Crippen molar-refractivity contribution in [1.82, 2.24) is 5.32 Å². The maximum absolute atomic E-state index is 13.7. The molecule has 0 saturated carbocycles. The lowest BCUT2D eigenvalue weighted by atomic mass is 9.65. The van der Waals surface area contributed by atoms with E-state index in [1.807, 2.05) is 36.4 Å². The Bertz CT molecular complexity index is 1210. The first kappa shape index (κ1) is 24.6. The topological polar surface area (TPSA) is 84.9 Å². The second-order valence-corrected chi connectivity index (χ2v) is 12.0. The van der Waals surface area contributed by atoms with Gasteiger partial charge in [-0.3, -0.25) is 9.59 Å². The van der Waals surface area contributed by atoms with Crippen LogP contribution in [0.1, 0.15) is 70.4 Å². The number of benzene rings is 1. The van der Waals surface area contributed by atoms with Crippen LogP contribution in [0.3, 0.4) is 0 Å². The highest BCUT2D eigenvalue weighted by molar-refractivity contribution is 6.06. The summed E-state index contributed by atoms with van der Waals surface area (Å²) in [4.78, 5) is 27.3. The third-order valence-electron chi connectivity index (χ3n) is 7.80.